The van der Waals surface area contributed by atoms with E-state index in [0.717, 1.165) is 5.56 Å². The number of nitrogens with one attached hydrogen (secondary N) is 2. The monoisotopic (exact) mass is 478 g/mol. The third-order valence-corrected chi connectivity index (χ3v) is 6.50. The molecule has 0 unspecified atom stereocenters. The van der Waals surface area contributed by atoms with Crippen LogP contribution in [0.1, 0.15) is 21.5 Å². The minimum atomic E-state index is -3.89. The lowest BCUT2D eigenvalue weighted by Crippen LogP contribution is -2.23. The number of rotatable bonds is 7. The molecule has 1 amide bonds. The lowest BCUT2D eigenvalue weighted by Gasteiger charge is -2.13. The number of hydrogen-bond acceptors (Lipinski definition) is 4. The molecule has 0 atom stereocenters. The number of sulfonamides is 1. The second kappa shape index (κ2) is 9.70. The Bertz CT molecular complexity index is 1210. The highest BCUT2D eigenvalue weighted by Gasteiger charge is 2.18. The van der Waals surface area contributed by atoms with E-state index in [1.807, 2.05) is 19.1 Å². The van der Waals surface area contributed by atoms with E-state index in [9.17, 15) is 13.2 Å². The highest BCUT2D eigenvalue weighted by atomic mass is 35.5. The molecule has 3 rings (SSSR count). The fraction of sp³-hybridized carbons (Fsp3) is 0.136. The van der Waals surface area contributed by atoms with Crippen LogP contribution in [0.25, 0.3) is 0 Å². The largest absolute Gasteiger partial charge is 0.495 e. The van der Waals surface area contributed by atoms with Crippen LogP contribution in [0.15, 0.2) is 65.6 Å². The minimum absolute atomic E-state index is 0.0184. The van der Waals surface area contributed by atoms with Gasteiger partial charge in [0.15, 0.2) is 0 Å². The van der Waals surface area contributed by atoms with Gasteiger partial charge < -0.3 is 10.1 Å². The first-order valence-electron chi connectivity index (χ1n) is 9.19. The number of aryl methyl sites for hydroxylation is 1. The number of carbonyl (C=O) groups is 1. The molecule has 9 heteroatoms. The summed E-state index contributed by atoms with van der Waals surface area (Å²) >= 11 is 12.0. The van der Waals surface area contributed by atoms with E-state index in [1.165, 1.54) is 25.3 Å². The molecule has 0 fully saturated rings. The first kappa shape index (κ1) is 23.1. The predicted molar refractivity (Wildman–Crippen MR) is 123 cm³/mol. The maximum atomic E-state index is 12.8. The number of carbonyl (C=O) groups excluding carboxylic acids is 1. The molecule has 2 N–H and O–H groups in total. The maximum absolute atomic E-state index is 12.8. The molecule has 6 nitrogen and oxygen atoms in total. The van der Waals surface area contributed by atoms with E-state index in [1.54, 1.807) is 30.3 Å². The van der Waals surface area contributed by atoms with Crippen molar-refractivity contribution < 1.29 is 17.9 Å². The van der Waals surface area contributed by atoms with Gasteiger partial charge in [0.05, 0.1) is 17.7 Å². The zero-order chi connectivity index (χ0) is 22.6. The van der Waals surface area contributed by atoms with E-state index in [4.69, 9.17) is 27.9 Å². The van der Waals surface area contributed by atoms with Gasteiger partial charge in [-0.1, -0.05) is 47.0 Å². The van der Waals surface area contributed by atoms with Crippen molar-refractivity contribution in [1.29, 1.82) is 0 Å². The van der Waals surface area contributed by atoms with Crippen LogP contribution in [-0.4, -0.2) is 21.4 Å². The molecule has 0 radical (unpaired) electrons. The van der Waals surface area contributed by atoms with E-state index >= 15 is 0 Å². The molecule has 0 spiro atoms. The Morgan fingerprint density at radius 2 is 1.71 bits per heavy atom. The summed E-state index contributed by atoms with van der Waals surface area (Å²) in [7, 11) is -2.45. The van der Waals surface area contributed by atoms with Crippen LogP contribution in [0.4, 0.5) is 5.69 Å². The Kier molecular flexibility index (Phi) is 7.23. The standard InChI is InChI=1S/C22H20Cl2N2O4S/c1-14-3-5-15(6-4-14)22(27)26-20-12-18(9-10-21(20)30-2)31(28,29)25-13-16-7-8-17(23)11-19(16)24/h3-12,25H,13H2,1-2H3,(H,26,27). The van der Waals surface area contributed by atoms with Crippen LogP contribution >= 0.6 is 23.2 Å². The average molecular weight is 479 g/mol. The van der Waals surface area contributed by atoms with E-state index in [2.05, 4.69) is 10.0 Å². The summed E-state index contributed by atoms with van der Waals surface area (Å²) in [5.41, 5.74) is 2.28. The van der Waals surface area contributed by atoms with Gasteiger partial charge in [0.25, 0.3) is 5.91 Å². The lowest BCUT2D eigenvalue weighted by atomic mass is 10.1. The number of methoxy groups -OCH3 is 1. The molecule has 0 aliphatic rings. The Labute approximate surface area is 191 Å². The van der Waals surface area contributed by atoms with Gasteiger partial charge in [-0.15, -0.1) is 0 Å². The molecule has 0 heterocycles. The van der Waals surface area contributed by atoms with Gasteiger partial charge in [-0.05, 0) is 55.0 Å². The molecule has 0 bridgehead atoms. The van der Waals surface area contributed by atoms with Crippen LogP contribution in [-0.2, 0) is 16.6 Å². The molecule has 0 aliphatic carbocycles. The predicted octanol–water partition coefficient (Wildman–Crippen LogP) is 5.04. The zero-order valence-electron chi connectivity index (χ0n) is 16.8. The minimum Gasteiger partial charge on any atom is -0.495 e. The number of amides is 1. The van der Waals surface area contributed by atoms with Crippen molar-refractivity contribution in [3.8, 4) is 5.75 Å². The lowest BCUT2D eigenvalue weighted by molar-refractivity contribution is 0.102. The molecular weight excluding hydrogens is 459 g/mol. The van der Waals surface area contributed by atoms with E-state index in [-0.39, 0.29) is 23.0 Å². The van der Waals surface area contributed by atoms with Crippen LogP contribution in [0.3, 0.4) is 0 Å². The highest BCUT2D eigenvalue weighted by Crippen LogP contribution is 2.28. The van der Waals surface area contributed by atoms with Gasteiger partial charge in [-0.2, -0.15) is 0 Å². The molecule has 31 heavy (non-hydrogen) atoms. The molecule has 0 aromatic heterocycles. The van der Waals surface area contributed by atoms with Crippen molar-refractivity contribution in [2.75, 3.05) is 12.4 Å². The smallest absolute Gasteiger partial charge is 0.255 e. The first-order valence-corrected chi connectivity index (χ1v) is 11.4. The third-order valence-electron chi connectivity index (χ3n) is 4.51. The number of ether oxygens (including phenoxy) is 1. The molecule has 3 aromatic carbocycles. The highest BCUT2D eigenvalue weighted by molar-refractivity contribution is 7.89. The number of hydrogen-bond donors (Lipinski definition) is 2. The summed E-state index contributed by atoms with van der Waals surface area (Å²) in [6, 6.07) is 16.1. The molecule has 162 valence electrons. The fourth-order valence-corrected chi connectivity index (χ4v) is 4.28. The topological polar surface area (TPSA) is 84.5 Å². The second-order valence-corrected chi connectivity index (χ2v) is 9.35. The van der Waals surface area contributed by atoms with Gasteiger partial charge in [-0.25, -0.2) is 13.1 Å². The summed E-state index contributed by atoms with van der Waals surface area (Å²) in [6.45, 7) is 1.90. The van der Waals surface area contributed by atoms with Crippen LogP contribution < -0.4 is 14.8 Å². The van der Waals surface area contributed by atoms with Crippen molar-refractivity contribution in [2.45, 2.75) is 18.4 Å². The summed E-state index contributed by atoms with van der Waals surface area (Å²) < 4.78 is 33.4. The zero-order valence-corrected chi connectivity index (χ0v) is 19.1. The van der Waals surface area contributed by atoms with Crippen LogP contribution in [0.5, 0.6) is 5.75 Å². The summed E-state index contributed by atoms with van der Waals surface area (Å²) in [6.07, 6.45) is 0. The SMILES string of the molecule is COc1ccc(S(=O)(=O)NCc2ccc(Cl)cc2Cl)cc1NC(=O)c1ccc(C)cc1. The summed E-state index contributed by atoms with van der Waals surface area (Å²) in [5.74, 6) is -0.0473. The van der Waals surface area contributed by atoms with Crippen molar-refractivity contribution in [2.24, 2.45) is 0 Å². The van der Waals surface area contributed by atoms with Crippen molar-refractivity contribution in [3.05, 3.63) is 87.4 Å². The van der Waals surface area contributed by atoms with E-state index in [0.29, 0.717) is 26.9 Å². The van der Waals surface area contributed by atoms with Crippen molar-refractivity contribution in [1.82, 2.24) is 4.72 Å². The van der Waals surface area contributed by atoms with Gasteiger partial charge in [-0.3, -0.25) is 4.79 Å². The second-order valence-electron chi connectivity index (χ2n) is 6.74. The fourth-order valence-electron chi connectivity index (χ4n) is 2.77. The summed E-state index contributed by atoms with van der Waals surface area (Å²) in [4.78, 5) is 12.5. The van der Waals surface area contributed by atoms with Crippen LogP contribution in [0.2, 0.25) is 10.0 Å². The quantitative estimate of drug-likeness (QED) is 0.497. The Morgan fingerprint density at radius 1 is 1.00 bits per heavy atom. The van der Waals surface area contributed by atoms with Crippen molar-refractivity contribution in [3.63, 3.8) is 0 Å². The first-order chi connectivity index (χ1) is 14.7. The normalized spacial score (nSPS) is 11.2. The van der Waals surface area contributed by atoms with Gasteiger partial charge >= 0.3 is 0 Å². The van der Waals surface area contributed by atoms with Gasteiger partial charge in [0.2, 0.25) is 10.0 Å². The Hall–Kier alpha value is -2.58. The molecule has 3 aromatic rings. The molecule has 0 saturated heterocycles. The maximum Gasteiger partial charge on any atom is 0.255 e. The number of anilines is 1. The molecule has 0 saturated carbocycles. The average Bonchev–Trinajstić information content (AvgIpc) is 2.73. The Balaban J connectivity index is 1.82. The van der Waals surface area contributed by atoms with Gasteiger partial charge in [0.1, 0.15) is 5.75 Å². The Morgan fingerprint density at radius 3 is 2.35 bits per heavy atom. The molecule has 0 aliphatic heterocycles. The van der Waals surface area contributed by atoms with Gasteiger partial charge in [0, 0.05) is 22.2 Å². The summed E-state index contributed by atoms with van der Waals surface area (Å²) in [5, 5.41) is 3.52. The number of halogens is 2. The number of benzene rings is 3. The van der Waals surface area contributed by atoms with Crippen molar-refractivity contribution >= 4 is 44.8 Å². The molecular formula is C22H20Cl2N2O4S. The third kappa shape index (κ3) is 5.77. The van der Waals surface area contributed by atoms with Crippen LogP contribution in [0, 0.1) is 6.92 Å². The van der Waals surface area contributed by atoms with E-state index < -0.39 is 10.0 Å².